The van der Waals surface area contributed by atoms with E-state index in [4.69, 9.17) is 0 Å². The number of rotatable bonds is 6. The molecular weight excluding hydrogens is 242 g/mol. The highest BCUT2D eigenvalue weighted by atomic mass is 32.1. The van der Waals surface area contributed by atoms with Gasteiger partial charge >= 0.3 is 0 Å². The first-order chi connectivity index (χ1) is 8.74. The van der Waals surface area contributed by atoms with E-state index in [1.807, 2.05) is 36.3 Å². The molecule has 0 amide bonds. The van der Waals surface area contributed by atoms with Crippen LogP contribution in [0.1, 0.15) is 34.8 Å². The van der Waals surface area contributed by atoms with Gasteiger partial charge in [0.2, 0.25) is 0 Å². The van der Waals surface area contributed by atoms with Gasteiger partial charge in [0, 0.05) is 34.7 Å². The molecule has 0 aliphatic rings. The molecule has 0 aromatic carbocycles. The Morgan fingerprint density at radius 2 is 2.22 bits per heavy atom. The second-order valence-corrected chi connectivity index (χ2v) is 5.68. The standard InChI is InChI=1S/C14H21N3S/c1-4-12-6-8-14(18-12)13(15-2)7-5-11-9-10-16-17(11)3/h6,8-10,13,15H,4-5,7H2,1-3H3. The molecule has 2 aromatic rings. The molecule has 0 fully saturated rings. The Labute approximate surface area is 113 Å². The molecule has 4 heteroatoms. The molecular formula is C14H21N3S. The molecule has 98 valence electrons. The van der Waals surface area contributed by atoms with Gasteiger partial charge in [-0.3, -0.25) is 4.68 Å². The van der Waals surface area contributed by atoms with Crippen LogP contribution < -0.4 is 5.32 Å². The average molecular weight is 263 g/mol. The van der Waals surface area contributed by atoms with Crippen molar-refractivity contribution in [2.24, 2.45) is 7.05 Å². The van der Waals surface area contributed by atoms with E-state index in [0.29, 0.717) is 6.04 Å². The zero-order chi connectivity index (χ0) is 13.0. The molecule has 1 unspecified atom stereocenters. The summed E-state index contributed by atoms with van der Waals surface area (Å²) in [6, 6.07) is 7.05. The van der Waals surface area contributed by atoms with Gasteiger partial charge in [-0.25, -0.2) is 0 Å². The minimum atomic E-state index is 0.449. The van der Waals surface area contributed by atoms with Crippen molar-refractivity contribution in [3.05, 3.63) is 39.8 Å². The highest BCUT2D eigenvalue weighted by Crippen LogP contribution is 2.26. The van der Waals surface area contributed by atoms with Crippen LogP contribution in [-0.2, 0) is 19.9 Å². The lowest BCUT2D eigenvalue weighted by Crippen LogP contribution is -2.16. The SMILES string of the molecule is CCc1ccc(C(CCc2ccnn2C)NC)s1. The van der Waals surface area contributed by atoms with Crippen LogP contribution >= 0.6 is 11.3 Å². The molecule has 0 bridgehead atoms. The fourth-order valence-electron chi connectivity index (χ4n) is 2.14. The van der Waals surface area contributed by atoms with Gasteiger partial charge in [-0.2, -0.15) is 5.10 Å². The summed E-state index contributed by atoms with van der Waals surface area (Å²) >= 11 is 1.92. The predicted octanol–water partition coefficient (Wildman–Crippen LogP) is 2.94. The summed E-state index contributed by atoms with van der Waals surface area (Å²) in [5.74, 6) is 0. The lowest BCUT2D eigenvalue weighted by Gasteiger charge is -2.14. The van der Waals surface area contributed by atoms with E-state index in [1.54, 1.807) is 0 Å². The topological polar surface area (TPSA) is 29.9 Å². The minimum Gasteiger partial charge on any atom is -0.312 e. The molecule has 0 saturated heterocycles. The van der Waals surface area contributed by atoms with E-state index < -0.39 is 0 Å². The normalized spacial score (nSPS) is 12.8. The van der Waals surface area contributed by atoms with Crippen LogP contribution in [0.5, 0.6) is 0 Å². The van der Waals surface area contributed by atoms with Gasteiger partial charge in [-0.1, -0.05) is 6.92 Å². The summed E-state index contributed by atoms with van der Waals surface area (Å²) < 4.78 is 1.96. The summed E-state index contributed by atoms with van der Waals surface area (Å²) in [4.78, 5) is 2.90. The summed E-state index contributed by atoms with van der Waals surface area (Å²) in [7, 11) is 4.04. The number of nitrogens with zero attached hydrogens (tertiary/aromatic N) is 2. The zero-order valence-electron chi connectivity index (χ0n) is 11.3. The minimum absolute atomic E-state index is 0.449. The molecule has 2 heterocycles. The van der Waals surface area contributed by atoms with Crippen molar-refractivity contribution in [1.82, 2.24) is 15.1 Å². The molecule has 0 saturated carbocycles. The quantitative estimate of drug-likeness (QED) is 0.868. The van der Waals surface area contributed by atoms with Crippen LogP contribution in [0.25, 0.3) is 0 Å². The first-order valence-electron chi connectivity index (χ1n) is 6.47. The molecule has 2 rings (SSSR count). The fourth-order valence-corrected chi connectivity index (χ4v) is 3.24. The van der Waals surface area contributed by atoms with E-state index in [-0.39, 0.29) is 0 Å². The Morgan fingerprint density at radius 1 is 1.39 bits per heavy atom. The first kappa shape index (κ1) is 13.3. The highest BCUT2D eigenvalue weighted by Gasteiger charge is 2.12. The summed E-state index contributed by atoms with van der Waals surface area (Å²) in [5.41, 5.74) is 1.29. The molecule has 1 N–H and O–H groups in total. The van der Waals surface area contributed by atoms with Gasteiger partial charge in [0.1, 0.15) is 0 Å². The monoisotopic (exact) mass is 263 g/mol. The Balaban J connectivity index is 1.99. The first-order valence-corrected chi connectivity index (χ1v) is 7.29. The van der Waals surface area contributed by atoms with E-state index in [0.717, 1.165) is 19.3 Å². The maximum absolute atomic E-state index is 4.21. The Kier molecular flexibility index (Phi) is 4.55. The molecule has 1 atom stereocenters. The summed E-state index contributed by atoms with van der Waals surface area (Å²) in [5, 5.41) is 7.63. The second kappa shape index (κ2) is 6.16. The van der Waals surface area contributed by atoms with E-state index in [9.17, 15) is 0 Å². The molecule has 2 aromatic heterocycles. The van der Waals surface area contributed by atoms with Crippen LogP contribution in [0.2, 0.25) is 0 Å². The van der Waals surface area contributed by atoms with E-state index >= 15 is 0 Å². The number of aromatic nitrogens is 2. The zero-order valence-corrected chi connectivity index (χ0v) is 12.1. The van der Waals surface area contributed by atoms with Crippen LogP contribution in [0.3, 0.4) is 0 Å². The summed E-state index contributed by atoms with van der Waals surface area (Å²) in [6.45, 7) is 2.21. The van der Waals surface area contributed by atoms with Gasteiger partial charge in [0.15, 0.2) is 0 Å². The Bertz CT molecular complexity index is 487. The number of nitrogens with one attached hydrogen (secondary N) is 1. The van der Waals surface area contributed by atoms with Crippen LogP contribution in [-0.4, -0.2) is 16.8 Å². The largest absolute Gasteiger partial charge is 0.312 e. The van der Waals surface area contributed by atoms with E-state index in [2.05, 4.69) is 35.5 Å². The Morgan fingerprint density at radius 3 is 2.78 bits per heavy atom. The van der Waals surface area contributed by atoms with Gasteiger partial charge in [-0.15, -0.1) is 11.3 Å². The van der Waals surface area contributed by atoms with Crippen molar-refractivity contribution in [3.8, 4) is 0 Å². The van der Waals surface area contributed by atoms with E-state index in [1.165, 1.54) is 15.4 Å². The second-order valence-electron chi connectivity index (χ2n) is 4.48. The van der Waals surface area contributed by atoms with Crippen LogP contribution in [0, 0.1) is 0 Å². The molecule has 18 heavy (non-hydrogen) atoms. The lowest BCUT2D eigenvalue weighted by atomic mass is 10.1. The molecule has 0 radical (unpaired) electrons. The smallest absolute Gasteiger partial charge is 0.0492 e. The molecule has 3 nitrogen and oxygen atoms in total. The third-order valence-corrected chi connectivity index (χ3v) is 4.68. The molecule has 0 aliphatic heterocycles. The maximum atomic E-state index is 4.21. The number of hydrogen-bond acceptors (Lipinski definition) is 3. The van der Waals surface area contributed by atoms with Crippen molar-refractivity contribution in [2.75, 3.05) is 7.05 Å². The van der Waals surface area contributed by atoms with Crippen LogP contribution in [0.15, 0.2) is 24.4 Å². The fraction of sp³-hybridized carbons (Fsp3) is 0.500. The third-order valence-electron chi connectivity index (χ3n) is 3.33. The number of aryl methyl sites for hydroxylation is 3. The van der Waals surface area contributed by atoms with Gasteiger partial charge in [0.05, 0.1) is 0 Å². The summed E-state index contributed by atoms with van der Waals surface area (Å²) in [6.07, 6.45) is 5.16. The van der Waals surface area contributed by atoms with Crippen molar-refractivity contribution >= 4 is 11.3 Å². The van der Waals surface area contributed by atoms with Crippen molar-refractivity contribution < 1.29 is 0 Å². The number of thiophene rings is 1. The molecule has 0 spiro atoms. The predicted molar refractivity (Wildman–Crippen MR) is 77.0 cm³/mol. The van der Waals surface area contributed by atoms with Crippen molar-refractivity contribution in [2.45, 2.75) is 32.2 Å². The average Bonchev–Trinajstić information content (AvgIpc) is 3.00. The Hall–Kier alpha value is -1.13. The van der Waals surface area contributed by atoms with Gasteiger partial charge in [-0.05, 0) is 44.5 Å². The van der Waals surface area contributed by atoms with Crippen LogP contribution in [0.4, 0.5) is 0 Å². The lowest BCUT2D eigenvalue weighted by molar-refractivity contribution is 0.543. The maximum Gasteiger partial charge on any atom is 0.0492 e. The van der Waals surface area contributed by atoms with Gasteiger partial charge in [0.25, 0.3) is 0 Å². The van der Waals surface area contributed by atoms with Crippen molar-refractivity contribution in [3.63, 3.8) is 0 Å². The van der Waals surface area contributed by atoms with Crippen molar-refractivity contribution in [1.29, 1.82) is 0 Å². The highest BCUT2D eigenvalue weighted by molar-refractivity contribution is 7.12. The number of hydrogen-bond donors (Lipinski definition) is 1. The molecule has 0 aliphatic carbocycles. The van der Waals surface area contributed by atoms with Gasteiger partial charge < -0.3 is 5.32 Å². The third kappa shape index (κ3) is 3.00.